The standard InChI is InChI=1S/C21H34O4/c1-20-11-3-4-16(20)15-7-5-14(6-8-18(22)23)21(2,13-10-19(24)25)17(15)9-12-20/h14-17H,3-13H2,1-2H3,(H,22,23)(H,24,25)/p-2/t14-,15+,16-,17-,20-,21-/m1/s1. The summed E-state index contributed by atoms with van der Waals surface area (Å²) in [5, 5.41) is 22.1. The molecule has 0 bridgehead atoms. The van der Waals surface area contributed by atoms with Gasteiger partial charge in [-0.05, 0) is 98.7 Å². The predicted molar refractivity (Wildman–Crippen MR) is 91.0 cm³/mol. The summed E-state index contributed by atoms with van der Waals surface area (Å²) in [4.78, 5) is 22.1. The van der Waals surface area contributed by atoms with Gasteiger partial charge >= 0.3 is 0 Å². The summed E-state index contributed by atoms with van der Waals surface area (Å²) in [6.07, 6.45) is 10.0. The van der Waals surface area contributed by atoms with Crippen molar-refractivity contribution in [1.29, 1.82) is 0 Å². The van der Waals surface area contributed by atoms with Gasteiger partial charge in [0.2, 0.25) is 0 Å². The highest BCUT2D eigenvalue weighted by Crippen LogP contribution is 2.65. The van der Waals surface area contributed by atoms with Crippen LogP contribution in [0.5, 0.6) is 0 Å². The Kier molecular flexibility index (Phi) is 5.18. The number of carboxylic acids is 2. The third kappa shape index (κ3) is 3.46. The fourth-order valence-electron chi connectivity index (χ4n) is 7.06. The quantitative estimate of drug-likeness (QED) is 0.737. The molecule has 142 valence electrons. The van der Waals surface area contributed by atoms with E-state index in [0.29, 0.717) is 30.1 Å². The lowest BCUT2D eigenvalue weighted by molar-refractivity contribution is -0.308. The first-order valence-corrected chi connectivity index (χ1v) is 10.2. The van der Waals surface area contributed by atoms with Crippen molar-refractivity contribution in [3.63, 3.8) is 0 Å². The Morgan fingerprint density at radius 2 is 1.64 bits per heavy atom. The van der Waals surface area contributed by atoms with E-state index in [0.717, 1.165) is 12.3 Å². The highest BCUT2D eigenvalue weighted by atomic mass is 16.4. The van der Waals surface area contributed by atoms with E-state index in [1.807, 2.05) is 0 Å². The van der Waals surface area contributed by atoms with E-state index in [2.05, 4.69) is 13.8 Å². The number of fused-ring (bicyclic) bond motifs is 3. The molecule has 3 aliphatic rings. The van der Waals surface area contributed by atoms with Crippen molar-refractivity contribution in [3.8, 4) is 0 Å². The number of carbonyl (C=O) groups is 2. The van der Waals surface area contributed by atoms with Crippen LogP contribution in [0.2, 0.25) is 0 Å². The molecule has 0 aromatic rings. The Bertz CT molecular complexity index is 530. The minimum Gasteiger partial charge on any atom is -0.550 e. The van der Waals surface area contributed by atoms with E-state index in [4.69, 9.17) is 0 Å². The third-order valence-corrected chi connectivity index (χ3v) is 8.41. The maximum atomic E-state index is 11.1. The first-order valence-electron chi connectivity index (χ1n) is 10.2. The van der Waals surface area contributed by atoms with E-state index >= 15 is 0 Å². The van der Waals surface area contributed by atoms with Gasteiger partial charge in [0.25, 0.3) is 0 Å². The van der Waals surface area contributed by atoms with Crippen molar-refractivity contribution in [1.82, 2.24) is 0 Å². The van der Waals surface area contributed by atoms with E-state index in [-0.39, 0.29) is 24.2 Å². The molecule has 4 heteroatoms. The Hall–Kier alpha value is -1.06. The monoisotopic (exact) mass is 348 g/mol. The zero-order valence-electron chi connectivity index (χ0n) is 15.7. The van der Waals surface area contributed by atoms with Crippen LogP contribution in [0.4, 0.5) is 0 Å². The van der Waals surface area contributed by atoms with Gasteiger partial charge in [-0.15, -0.1) is 0 Å². The molecule has 3 saturated carbocycles. The molecule has 3 fully saturated rings. The summed E-state index contributed by atoms with van der Waals surface area (Å²) in [7, 11) is 0. The molecule has 0 N–H and O–H groups in total. The number of rotatable bonds is 6. The fraction of sp³-hybridized carbons (Fsp3) is 0.905. The van der Waals surface area contributed by atoms with Gasteiger partial charge in [0.1, 0.15) is 0 Å². The fourth-order valence-corrected chi connectivity index (χ4v) is 7.06. The van der Waals surface area contributed by atoms with Crippen LogP contribution in [0.15, 0.2) is 0 Å². The number of aliphatic carboxylic acids is 2. The average molecular weight is 348 g/mol. The molecule has 0 heterocycles. The van der Waals surface area contributed by atoms with Crippen LogP contribution in [0.25, 0.3) is 0 Å². The topological polar surface area (TPSA) is 80.3 Å². The molecule has 25 heavy (non-hydrogen) atoms. The normalized spacial score (nSPS) is 43.3. The Labute approximate surface area is 151 Å². The second-order valence-corrected chi connectivity index (χ2v) is 9.52. The molecular formula is C21H32O4-2. The van der Waals surface area contributed by atoms with E-state index in [1.54, 1.807) is 0 Å². The van der Waals surface area contributed by atoms with Gasteiger partial charge in [-0.2, -0.15) is 0 Å². The lowest BCUT2D eigenvalue weighted by atomic mass is 9.46. The van der Waals surface area contributed by atoms with Crippen LogP contribution >= 0.6 is 0 Å². The predicted octanol–water partition coefficient (Wildman–Crippen LogP) is 2.30. The molecule has 0 aliphatic heterocycles. The first-order chi connectivity index (χ1) is 11.8. The Morgan fingerprint density at radius 3 is 2.32 bits per heavy atom. The van der Waals surface area contributed by atoms with E-state index in [9.17, 15) is 19.8 Å². The molecular weight excluding hydrogens is 316 g/mol. The highest BCUT2D eigenvalue weighted by Gasteiger charge is 2.56. The molecule has 0 aromatic carbocycles. The molecule has 3 rings (SSSR count). The molecule has 4 nitrogen and oxygen atoms in total. The maximum Gasteiger partial charge on any atom is 0.0414 e. The van der Waals surface area contributed by atoms with Gasteiger partial charge in [-0.3, -0.25) is 0 Å². The second-order valence-electron chi connectivity index (χ2n) is 9.52. The molecule has 6 atom stereocenters. The SMILES string of the molecule is C[C@]12CCC[C@@H]1[C@@H]1CC[C@H](CCC(=O)[O-])[C@@](C)(CCC(=O)[O-])[C@@H]1CC2. The molecule has 0 spiro atoms. The minimum atomic E-state index is -0.989. The maximum absolute atomic E-state index is 11.1. The van der Waals surface area contributed by atoms with E-state index in [1.165, 1.54) is 38.5 Å². The molecule has 0 amide bonds. The molecule has 0 saturated heterocycles. The summed E-state index contributed by atoms with van der Waals surface area (Å²) >= 11 is 0. The van der Waals surface area contributed by atoms with Crippen molar-refractivity contribution in [2.24, 2.45) is 34.5 Å². The van der Waals surface area contributed by atoms with Gasteiger partial charge in [-0.1, -0.05) is 20.3 Å². The van der Waals surface area contributed by atoms with Crippen LogP contribution in [-0.4, -0.2) is 11.9 Å². The van der Waals surface area contributed by atoms with Crippen molar-refractivity contribution < 1.29 is 19.8 Å². The Morgan fingerprint density at radius 1 is 0.920 bits per heavy atom. The first kappa shape index (κ1) is 18.7. The van der Waals surface area contributed by atoms with Crippen LogP contribution in [0.3, 0.4) is 0 Å². The Balaban J connectivity index is 1.83. The zero-order chi connectivity index (χ0) is 18.2. The third-order valence-electron chi connectivity index (χ3n) is 8.41. The van der Waals surface area contributed by atoms with E-state index < -0.39 is 11.9 Å². The summed E-state index contributed by atoms with van der Waals surface area (Å²) in [5.41, 5.74) is 0.399. The van der Waals surface area contributed by atoms with Gasteiger partial charge in [0.05, 0.1) is 0 Å². The lowest BCUT2D eigenvalue weighted by Gasteiger charge is -2.59. The van der Waals surface area contributed by atoms with Crippen molar-refractivity contribution >= 4 is 11.9 Å². The molecule has 0 unspecified atom stereocenters. The number of carbonyl (C=O) groups excluding carboxylic acids is 2. The van der Waals surface area contributed by atoms with Crippen molar-refractivity contribution in [3.05, 3.63) is 0 Å². The summed E-state index contributed by atoms with van der Waals surface area (Å²) in [6.45, 7) is 4.70. The summed E-state index contributed by atoms with van der Waals surface area (Å²) < 4.78 is 0. The summed E-state index contributed by atoms with van der Waals surface area (Å²) in [5.74, 6) is 0.308. The van der Waals surface area contributed by atoms with Crippen molar-refractivity contribution in [2.75, 3.05) is 0 Å². The highest BCUT2D eigenvalue weighted by molar-refractivity contribution is 5.64. The van der Waals surface area contributed by atoms with Gasteiger partial charge < -0.3 is 19.8 Å². The van der Waals surface area contributed by atoms with Gasteiger partial charge in [-0.25, -0.2) is 0 Å². The van der Waals surface area contributed by atoms with Gasteiger partial charge in [0.15, 0.2) is 0 Å². The van der Waals surface area contributed by atoms with Crippen LogP contribution < -0.4 is 10.2 Å². The largest absolute Gasteiger partial charge is 0.550 e. The average Bonchev–Trinajstić information content (AvgIpc) is 2.94. The lowest BCUT2D eigenvalue weighted by Crippen LogP contribution is -2.51. The zero-order valence-corrected chi connectivity index (χ0v) is 15.7. The minimum absolute atomic E-state index is 0.0810. The second kappa shape index (κ2) is 6.92. The molecule has 0 aromatic heterocycles. The van der Waals surface area contributed by atoms with Crippen LogP contribution in [0.1, 0.15) is 84.5 Å². The smallest absolute Gasteiger partial charge is 0.0414 e. The van der Waals surface area contributed by atoms with Crippen LogP contribution in [-0.2, 0) is 9.59 Å². The summed E-state index contributed by atoms with van der Waals surface area (Å²) in [6, 6.07) is 0. The van der Waals surface area contributed by atoms with Crippen LogP contribution in [0, 0.1) is 34.5 Å². The number of carboxylic acid groups (broad SMARTS) is 2. The van der Waals surface area contributed by atoms with Gasteiger partial charge in [0, 0.05) is 11.9 Å². The molecule has 0 radical (unpaired) electrons. The number of hydrogen-bond donors (Lipinski definition) is 0. The number of hydrogen-bond acceptors (Lipinski definition) is 4. The molecule has 3 aliphatic carbocycles. The van der Waals surface area contributed by atoms with Crippen molar-refractivity contribution in [2.45, 2.75) is 84.5 Å².